The van der Waals surface area contributed by atoms with Gasteiger partial charge in [0.1, 0.15) is 0 Å². The SMILES string of the molecule is CCCC(O)(CC)c1cc(C)ccc1C. The van der Waals surface area contributed by atoms with Crippen LogP contribution in [0.4, 0.5) is 0 Å². The van der Waals surface area contributed by atoms with Crippen LogP contribution in [0.3, 0.4) is 0 Å². The van der Waals surface area contributed by atoms with Crippen LogP contribution in [0, 0.1) is 13.8 Å². The summed E-state index contributed by atoms with van der Waals surface area (Å²) in [7, 11) is 0. The molecule has 0 spiro atoms. The van der Waals surface area contributed by atoms with Gasteiger partial charge in [-0.05, 0) is 37.8 Å². The van der Waals surface area contributed by atoms with Crippen LogP contribution in [-0.2, 0) is 5.60 Å². The van der Waals surface area contributed by atoms with Gasteiger partial charge in [0, 0.05) is 0 Å². The fourth-order valence-electron chi connectivity index (χ4n) is 2.15. The lowest BCUT2D eigenvalue weighted by molar-refractivity contribution is 0.0220. The predicted octanol–water partition coefficient (Wildman–Crippen LogP) is 3.70. The first-order valence-electron chi connectivity index (χ1n) is 5.83. The Labute approximate surface area is 93.1 Å². The Morgan fingerprint density at radius 1 is 1.20 bits per heavy atom. The van der Waals surface area contributed by atoms with Gasteiger partial charge in [-0.2, -0.15) is 0 Å². The molecule has 0 radical (unpaired) electrons. The Bertz CT molecular complexity index is 330. The number of aliphatic hydroxyl groups is 1. The van der Waals surface area contributed by atoms with Gasteiger partial charge in [-0.1, -0.05) is 44.0 Å². The Balaban J connectivity index is 3.16. The van der Waals surface area contributed by atoms with Crippen LogP contribution >= 0.6 is 0 Å². The minimum Gasteiger partial charge on any atom is -0.385 e. The van der Waals surface area contributed by atoms with E-state index in [1.54, 1.807) is 0 Å². The van der Waals surface area contributed by atoms with E-state index in [0.29, 0.717) is 0 Å². The quantitative estimate of drug-likeness (QED) is 0.796. The molecular weight excluding hydrogens is 184 g/mol. The van der Waals surface area contributed by atoms with E-state index >= 15 is 0 Å². The summed E-state index contributed by atoms with van der Waals surface area (Å²) in [6.45, 7) is 8.32. The highest BCUT2D eigenvalue weighted by molar-refractivity contribution is 5.34. The second-order valence-corrected chi connectivity index (χ2v) is 4.45. The first kappa shape index (κ1) is 12.3. The molecule has 1 rings (SSSR count). The lowest BCUT2D eigenvalue weighted by Crippen LogP contribution is -2.25. The summed E-state index contributed by atoms with van der Waals surface area (Å²) < 4.78 is 0. The second kappa shape index (κ2) is 4.80. The zero-order chi connectivity index (χ0) is 11.5. The summed E-state index contributed by atoms with van der Waals surface area (Å²) in [5.74, 6) is 0. The maximum absolute atomic E-state index is 10.6. The average Bonchev–Trinajstić information content (AvgIpc) is 2.22. The highest BCUT2D eigenvalue weighted by atomic mass is 16.3. The summed E-state index contributed by atoms with van der Waals surface area (Å²) in [6, 6.07) is 6.32. The van der Waals surface area contributed by atoms with E-state index in [0.717, 1.165) is 24.8 Å². The third-order valence-corrected chi connectivity index (χ3v) is 3.14. The largest absolute Gasteiger partial charge is 0.385 e. The molecular formula is C14H22O. The van der Waals surface area contributed by atoms with Crippen molar-refractivity contribution in [2.24, 2.45) is 0 Å². The van der Waals surface area contributed by atoms with Gasteiger partial charge in [0.05, 0.1) is 5.60 Å². The number of benzene rings is 1. The molecule has 0 saturated heterocycles. The van der Waals surface area contributed by atoms with Crippen molar-refractivity contribution in [2.75, 3.05) is 0 Å². The maximum Gasteiger partial charge on any atom is 0.0896 e. The molecule has 1 nitrogen and oxygen atoms in total. The summed E-state index contributed by atoms with van der Waals surface area (Å²) in [4.78, 5) is 0. The lowest BCUT2D eigenvalue weighted by Gasteiger charge is -2.29. The van der Waals surface area contributed by atoms with Crippen molar-refractivity contribution >= 4 is 0 Å². The number of aryl methyl sites for hydroxylation is 2. The van der Waals surface area contributed by atoms with Crippen LogP contribution in [0.15, 0.2) is 18.2 Å². The molecule has 1 heteroatoms. The molecule has 0 aliphatic carbocycles. The maximum atomic E-state index is 10.6. The number of hydrogen-bond donors (Lipinski definition) is 1. The van der Waals surface area contributed by atoms with Gasteiger partial charge >= 0.3 is 0 Å². The van der Waals surface area contributed by atoms with Crippen molar-refractivity contribution < 1.29 is 5.11 Å². The Kier molecular flexibility index (Phi) is 3.92. The highest BCUT2D eigenvalue weighted by Gasteiger charge is 2.27. The van der Waals surface area contributed by atoms with Crippen LogP contribution in [-0.4, -0.2) is 5.11 Å². The van der Waals surface area contributed by atoms with Gasteiger partial charge in [-0.3, -0.25) is 0 Å². The molecule has 1 unspecified atom stereocenters. The van der Waals surface area contributed by atoms with E-state index in [2.05, 4.69) is 45.9 Å². The molecule has 1 N–H and O–H groups in total. The molecule has 0 saturated carbocycles. The Morgan fingerprint density at radius 3 is 2.40 bits per heavy atom. The second-order valence-electron chi connectivity index (χ2n) is 4.45. The van der Waals surface area contributed by atoms with Gasteiger partial charge in [0.2, 0.25) is 0 Å². The molecule has 0 aromatic heterocycles. The van der Waals surface area contributed by atoms with E-state index < -0.39 is 5.60 Å². The van der Waals surface area contributed by atoms with E-state index in [9.17, 15) is 5.11 Å². The van der Waals surface area contributed by atoms with Gasteiger partial charge in [0.25, 0.3) is 0 Å². The van der Waals surface area contributed by atoms with E-state index in [1.807, 2.05) is 0 Å². The fraction of sp³-hybridized carbons (Fsp3) is 0.571. The average molecular weight is 206 g/mol. The molecule has 0 bridgehead atoms. The summed E-state index contributed by atoms with van der Waals surface area (Å²) >= 11 is 0. The molecule has 1 aromatic rings. The molecule has 0 aliphatic rings. The monoisotopic (exact) mass is 206 g/mol. The molecule has 0 fully saturated rings. The third-order valence-electron chi connectivity index (χ3n) is 3.14. The van der Waals surface area contributed by atoms with Gasteiger partial charge in [0.15, 0.2) is 0 Å². The minimum absolute atomic E-state index is 0.634. The van der Waals surface area contributed by atoms with Gasteiger partial charge < -0.3 is 5.11 Å². The van der Waals surface area contributed by atoms with Crippen LogP contribution in [0.25, 0.3) is 0 Å². The smallest absolute Gasteiger partial charge is 0.0896 e. The molecule has 84 valence electrons. The molecule has 1 atom stereocenters. The molecule has 0 aliphatic heterocycles. The first-order chi connectivity index (χ1) is 7.03. The van der Waals surface area contributed by atoms with Crippen molar-refractivity contribution in [3.63, 3.8) is 0 Å². The normalized spacial score (nSPS) is 15.0. The van der Waals surface area contributed by atoms with Crippen molar-refractivity contribution in [1.82, 2.24) is 0 Å². The number of rotatable bonds is 4. The predicted molar refractivity (Wildman–Crippen MR) is 65.0 cm³/mol. The Hall–Kier alpha value is -0.820. The topological polar surface area (TPSA) is 20.2 Å². The molecule has 1 aromatic carbocycles. The standard InChI is InChI=1S/C14H22O/c1-5-9-14(15,6-2)13-10-11(3)7-8-12(13)4/h7-8,10,15H,5-6,9H2,1-4H3. The van der Waals surface area contributed by atoms with Crippen molar-refractivity contribution in [1.29, 1.82) is 0 Å². The van der Waals surface area contributed by atoms with Crippen molar-refractivity contribution in [3.8, 4) is 0 Å². The van der Waals surface area contributed by atoms with Crippen LogP contribution < -0.4 is 0 Å². The summed E-state index contributed by atoms with van der Waals surface area (Å²) in [5.41, 5.74) is 2.88. The van der Waals surface area contributed by atoms with Crippen LogP contribution in [0.5, 0.6) is 0 Å². The summed E-state index contributed by atoms with van der Waals surface area (Å²) in [5, 5.41) is 10.6. The van der Waals surface area contributed by atoms with Crippen molar-refractivity contribution in [2.45, 2.75) is 52.6 Å². The zero-order valence-corrected chi connectivity index (χ0v) is 10.3. The highest BCUT2D eigenvalue weighted by Crippen LogP contribution is 2.32. The van der Waals surface area contributed by atoms with Gasteiger partial charge in [-0.15, -0.1) is 0 Å². The van der Waals surface area contributed by atoms with E-state index in [4.69, 9.17) is 0 Å². The summed E-state index contributed by atoms with van der Waals surface area (Å²) in [6.07, 6.45) is 2.64. The van der Waals surface area contributed by atoms with Crippen LogP contribution in [0.1, 0.15) is 49.8 Å². The molecule has 0 heterocycles. The molecule has 15 heavy (non-hydrogen) atoms. The Morgan fingerprint density at radius 2 is 1.87 bits per heavy atom. The van der Waals surface area contributed by atoms with E-state index in [-0.39, 0.29) is 0 Å². The van der Waals surface area contributed by atoms with Gasteiger partial charge in [-0.25, -0.2) is 0 Å². The number of hydrogen-bond acceptors (Lipinski definition) is 1. The fourth-order valence-corrected chi connectivity index (χ4v) is 2.15. The van der Waals surface area contributed by atoms with Crippen molar-refractivity contribution in [3.05, 3.63) is 34.9 Å². The zero-order valence-electron chi connectivity index (χ0n) is 10.3. The molecule has 0 amide bonds. The van der Waals surface area contributed by atoms with Crippen LogP contribution in [0.2, 0.25) is 0 Å². The third kappa shape index (κ3) is 2.60. The van der Waals surface area contributed by atoms with E-state index in [1.165, 1.54) is 11.1 Å². The first-order valence-corrected chi connectivity index (χ1v) is 5.83. The minimum atomic E-state index is -0.634. The lowest BCUT2D eigenvalue weighted by atomic mass is 9.83.